The third kappa shape index (κ3) is 2.49. The zero-order valence-electron chi connectivity index (χ0n) is 12.2. The maximum absolute atomic E-state index is 12.4. The summed E-state index contributed by atoms with van der Waals surface area (Å²) in [5, 5.41) is 3.33. The van der Waals surface area contributed by atoms with E-state index in [9.17, 15) is 9.59 Å². The van der Waals surface area contributed by atoms with Gasteiger partial charge in [-0.3, -0.25) is 19.5 Å². The van der Waals surface area contributed by atoms with E-state index in [1.54, 1.807) is 18.3 Å². The molecule has 0 atom stereocenters. The van der Waals surface area contributed by atoms with E-state index in [1.807, 2.05) is 0 Å². The first kappa shape index (κ1) is 13.9. The molecule has 3 heterocycles. The summed E-state index contributed by atoms with van der Waals surface area (Å²) in [7, 11) is 0. The van der Waals surface area contributed by atoms with Crippen molar-refractivity contribution in [2.45, 2.75) is 26.2 Å². The molecule has 0 aromatic carbocycles. The van der Waals surface area contributed by atoms with Gasteiger partial charge in [0.05, 0.1) is 12.1 Å². The highest BCUT2D eigenvalue weighted by Crippen LogP contribution is 2.25. The molecule has 1 aromatic heterocycles. The molecular formula is C16H19N3O2. The van der Waals surface area contributed by atoms with E-state index in [2.05, 4.69) is 17.2 Å². The number of amides is 2. The van der Waals surface area contributed by atoms with Gasteiger partial charge in [-0.15, -0.1) is 0 Å². The van der Waals surface area contributed by atoms with Crippen LogP contribution >= 0.6 is 0 Å². The number of piperidine rings is 1. The zero-order valence-corrected chi connectivity index (χ0v) is 12.2. The Hall–Kier alpha value is -2.01. The molecule has 110 valence electrons. The number of rotatable bonds is 3. The lowest BCUT2D eigenvalue weighted by molar-refractivity contribution is 0.0665. The fourth-order valence-corrected chi connectivity index (χ4v) is 3.00. The lowest BCUT2D eigenvalue weighted by atomic mass is 9.97. The molecule has 2 amide bonds. The molecule has 1 aromatic rings. The molecule has 1 saturated heterocycles. The van der Waals surface area contributed by atoms with Gasteiger partial charge in [0.25, 0.3) is 11.8 Å². The smallest absolute Gasteiger partial charge is 0.280 e. The maximum Gasteiger partial charge on any atom is 0.280 e. The fraction of sp³-hybridized carbons (Fsp3) is 0.438. The number of aromatic nitrogens is 1. The summed E-state index contributed by atoms with van der Waals surface area (Å²) >= 11 is 0. The minimum absolute atomic E-state index is 0.219. The molecular weight excluding hydrogens is 266 g/mol. The molecule has 5 nitrogen and oxygen atoms in total. The molecule has 21 heavy (non-hydrogen) atoms. The minimum atomic E-state index is -0.268. The number of nitrogens with one attached hydrogen (secondary N) is 1. The van der Waals surface area contributed by atoms with Gasteiger partial charge in [-0.2, -0.15) is 0 Å². The molecule has 2 aliphatic rings. The Kier molecular flexibility index (Phi) is 3.84. The SMILES string of the molecule is CCC(CN1C(=O)c2cccnc2C1=O)=C1CCNCC1. The number of pyridine rings is 1. The largest absolute Gasteiger partial charge is 0.316 e. The number of nitrogens with zero attached hydrogens (tertiary/aromatic N) is 2. The lowest BCUT2D eigenvalue weighted by Crippen LogP contribution is -2.33. The van der Waals surface area contributed by atoms with Crippen LogP contribution in [-0.2, 0) is 0 Å². The predicted octanol–water partition coefficient (Wildman–Crippen LogP) is 1.77. The highest BCUT2D eigenvalue weighted by atomic mass is 16.2. The van der Waals surface area contributed by atoms with Gasteiger partial charge in [0.15, 0.2) is 0 Å². The van der Waals surface area contributed by atoms with Crippen molar-refractivity contribution in [2.75, 3.05) is 19.6 Å². The molecule has 0 radical (unpaired) electrons. The van der Waals surface area contributed by atoms with Crippen molar-refractivity contribution in [3.8, 4) is 0 Å². The summed E-state index contributed by atoms with van der Waals surface area (Å²) < 4.78 is 0. The van der Waals surface area contributed by atoms with Crippen LogP contribution in [0.15, 0.2) is 29.5 Å². The summed E-state index contributed by atoms with van der Waals surface area (Å²) in [6.45, 7) is 4.44. The van der Waals surface area contributed by atoms with Crippen LogP contribution in [0.1, 0.15) is 47.0 Å². The van der Waals surface area contributed by atoms with Gasteiger partial charge in [0.2, 0.25) is 0 Å². The van der Waals surface area contributed by atoms with Crippen LogP contribution < -0.4 is 5.32 Å². The van der Waals surface area contributed by atoms with E-state index in [1.165, 1.54) is 16.0 Å². The highest BCUT2D eigenvalue weighted by Gasteiger charge is 2.36. The van der Waals surface area contributed by atoms with Gasteiger partial charge in [-0.25, -0.2) is 0 Å². The van der Waals surface area contributed by atoms with E-state index in [0.29, 0.717) is 12.1 Å². The first-order valence-corrected chi connectivity index (χ1v) is 7.44. The van der Waals surface area contributed by atoms with Gasteiger partial charge in [-0.1, -0.05) is 18.1 Å². The van der Waals surface area contributed by atoms with Crippen LogP contribution in [0, 0.1) is 0 Å². The topological polar surface area (TPSA) is 62.3 Å². The van der Waals surface area contributed by atoms with Crippen LogP contribution in [0.4, 0.5) is 0 Å². The van der Waals surface area contributed by atoms with Gasteiger partial charge >= 0.3 is 0 Å². The van der Waals surface area contributed by atoms with Gasteiger partial charge < -0.3 is 5.32 Å². The number of hydrogen-bond acceptors (Lipinski definition) is 4. The molecule has 0 unspecified atom stereocenters. The quantitative estimate of drug-likeness (QED) is 0.679. The van der Waals surface area contributed by atoms with Crippen molar-refractivity contribution >= 4 is 11.8 Å². The summed E-state index contributed by atoms with van der Waals surface area (Å²) in [6.07, 6.45) is 4.44. The zero-order chi connectivity index (χ0) is 14.8. The van der Waals surface area contributed by atoms with E-state index in [4.69, 9.17) is 0 Å². The Morgan fingerprint density at radius 1 is 1.29 bits per heavy atom. The van der Waals surface area contributed by atoms with Crippen molar-refractivity contribution in [1.29, 1.82) is 0 Å². The number of carbonyl (C=O) groups excluding carboxylic acids is 2. The number of imide groups is 1. The number of hydrogen-bond donors (Lipinski definition) is 1. The van der Waals surface area contributed by atoms with Crippen molar-refractivity contribution in [3.63, 3.8) is 0 Å². The molecule has 0 spiro atoms. The Balaban J connectivity index is 1.85. The third-order valence-electron chi connectivity index (χ3n) is 4.21. The maximum atomic E-state index is 12.4. The van der Waals surface area contributed by atoms with Crippen LogP contribution in [0.2, 0.25) is 0 Å². The molecule has 2 aliphatic heterocycles. The molecule has 0 saturated carbocycles. The van der Waals surface area contributed by atoms with E-state index in [0.717, 1.165) is 32.4 Å². The summed E-state index contributed by atoms with van der Waals surface area (Å²) in [5.41, 5.74) is 3.31. The van der Waals surface area contributed by atoms with Crippen LogP contribution in [0.3, 0.4) is 0 Å². The third-order valence-corrected chi connectivity index (χ3v) is 4.21. The normalized spacial score (nSPS) is 18.1. The molecule has 1 N–H and O–H groups in total. The number of fused-ring (bicyclic) bond motifs is 1. The molecule has 0 bridgehead atoms. The first-order valence-electron chi connectivity index (χ1n) is 7.44. The number of carbonyl (C=O) groups is 2. The van der Waals surface area contributed by atoms with Gasteiger partial charge in [0, 0.05) is 6.20 Å². The fourth-order valence-electron chi connectivity index (χ4n) is 3.00. The average molecular weight is 285 g/mol. The second-order valence-corrected chi connectivity index (χ2v) is 5.41. The summed E-state index contributed by atoms with van der Waals surface area (Å²) in [5.74, 6) is -0.486. The van der Waals surface area contributed by atoms with E-state index in [-0.39, 0.29) is 17.5 Å². The van der Waals surface area contributed by atoms with Crippen molar-refractivity contribution in [3.05, 3.63) is 40.7 Å². The second kappa shape index (κ2) is 5.77. The van der Waals surface area contributed by atoms with Gasteiger partial charge in [0.1, 0.15) is 5.69 Å². The molecule has 3 rings (SSSR count). The van der Waals surface area contributed by atoms with Crippen molar-refractivity contribution in [2.24, 2.45) is 0 Å². The molecule has 5 heteroatoms. The predicted molar refractivity (Wildman–Crippen MR) is 79.0 cm³/mol. The molecule has 1 fully saturated rings. The van der Waals surface area contributed by atoms with Crippen LogP contribution in [-0.4, -0.2) is 41.3 Å². The standard InChI is InChI=1S/C16H19N3O2/c1-2-11(12-5-8-17-9-6-12)10-19-15(20)13-4-3-7-18-14(13)16(19)21/h3-4,7,17H,2,5-6,8-10H2,1H3. The summed E-state index contributed by atoms with van der Waals surface area (Å²) in [4.78, 5) is 30.1. The van der Waals surface area contributed by atoms with Crippen molar-refractivity contribution < 1.29 is 9.59 Å². The van der Waals surface area contributed by atoms with E-state index < -0.39 is 0 Å². The Morgan fingerprint density at radius 3 is 2.71 bits per heavy atom. The molecule has 0 aliphatic carbocycles. The Morgan fingerprint density at radius 2 is 2.05 bits per heavy atom. The van der Waals surface area contributed by atoms with Gasteiger partial charge in [-0.05, 0) is 44.5 Å². The van der Waals surface area contributed by atoms with E-state index >= 15 is 0 Å². The van der Waals surface area contributed by atoms with Crippen LogP contribution in [0.25, 0.3) is 0 Å². The lowest BCUT2D eigenvalue weighted by Gasteiger charge is -2.22. The Labute approximate surface area is 124 Å². The van der Waals surface area contributed by atoms with Crippen LogP contribution in [0.5, 0.6) is 0 Å². The summed E-state index contributed by atoms with van der Waals surface area (Å²) in [6, 6.07) is 3.37. The minimum Gasteiger partial charge on any atom is -0.316 e. The van der Waals surface area contributed by atoms with Crippen molar-refractivity contribution in [1.82, 2.24) is 15.2 Å². The first-order chi connectivity index (χ1) is 10.2. The Bertz CT molecular complexity index is 579. The second-order valence-electron chi connectivity index (χ2n) is 5.41. The monoisotopic (exact) mass is 285 g/mol. The highest BCUT2D eigenvalue weighted by molar-refractivity contribution is 6.20. The average Bonchev–Trinajstić information content (AvgIpc) is 2.78.